The summed E-state index contributed by atoms with van der Waals surface area (Å²) in [4.78, 5) is 13.6. The molecular weight excluding hydrogens is 478 g/mol. The number of benzene rings is 3. The molecule has 4 aromatic rings. The van der Waals surface area contributed by atoms with Crippen LogP contribution in [0.3, 0.4) is 0 Å². The zero-order chi connectivity index (χ0) is 26.1. The molecule has 194 valence electrons. The highest BCUT2D eigenvalue weighted by molar-refractivity contribution is 6.31. The third-order valence-corrected chi connectivity index (χ3v) is 7.40. The van der Waals surface area contributed by atoms with Gasteiger partial charge in [0.15, 0.2) is 0 Å². The van der Waals surface area contributed by atoms with Gasteiger partial charge < -0.3 is 19.0 Å². The molecule has 1 aliphatic heterocycles. The van der Waals surface area contributed by atoms with Crippen LogP contribution < -0.4 is 14.2 Å². The Morgan fingerprint density at radius 1 is 0.763 bits per heavy atom. The molecule has 6 rings (SSSR count). The van der Waals surface area contributed by atoms with Gasteiger partial charge >= 0.3 is 0 Å². The van der Waals surface area contributed by atoms with Crippen LogP contribution in [0.4, 0.5) is 0 Å². The van der Waals surface area contributed by atoms with Crippen molar-refractivity contribution >= 4 is 16.6 Å². The van der Waals surface area contributed by atoms with E-state index in [9.17, 15) is 0 Å². The minimum atomic E-state index is 0.538. The number of hydrogen-bond acceptors (Lipinski definition) is 7. The fourth-order valence-electron chi connectivity index (χ4n) is 5.42. The molecule has 38 heavy (non-hydrogen) atoms. The zero-order valence-corrected chi connectivity index (χ0v) is 22.0. The Labute approximate surface area is 222 Å². The van der Waals surface area contributed by atoms with E-state index in [2.05, 4.69) is 11.0 Å². The summed E-state index contributed by atoms with van der Waals surface area (Å²) in [7, 11) is 5.03. The predicted molar refractivity (Wildman–Crippen MR) is 150 cm³/mol. The summed E-state index contributed by atoms with van der Waals surface area (Å²) in [5.41, 5.74) is 7.55. The minimum absolute atomic E-state index is 0.538. The number of fused-ring (bicyclic) bond motifs is 5. The van der Waals surface area contributed by atoms with Crippen LogP contribution in [-0.2, 0) is 4.84 Å². The highest BCUT2D eigenvalue weighted by Crippen LogP contribution is 2.47. The van der Waals surface area contributed by atoms with E-state index < -0.39 is 0 Å². The van der Waals surface area contributed by atoms with E-state index in [0.717, 1.165) is 87.0 Å². The zero-order valence-electron chi connectivity index (χ0n) is 22.0. The lowest BCUT2D eigenvalue weighted by Gasteiger charge is -2.14. The molecule has 1 aromatic heterocycles. The number of hydrogen-bond donors (Lipinski definition) is 0. The third-order valence-electron chi connectivity index (χ3n) is 7.40. The van der Waals surface area contributed by atoms with Crippen molar-refractivity contribution in [2.24, 2.45) is 5.16 Å². The summed E-state index contributed by atoms with van der Waals surface area (Å²) in [5.74, 6) is 2.33. The lowest BCUT2D eigenvalue weighted by molar-refractivity contribution is 0.119. The lowest BCUT2D eigenvalue weighted by Crippen LogP contribution is -2.23. The second kappa shape index (κ2) is 10.3. The van der Waals surface area contributed by atoms with Gasteiger partial charge in [0.25, 0.3) is 0 Å². The maximum absolute atomic E-state index is 5.99. The van der Waals surface area contributed by atoms with Gasteiger partial charge in [-0.05, 0) is 92.2 Å². The van der Waals surface area contributed by atoms with Crippen molar-refractivity contribution in [1.29, 1.82) is 0 Å². The predicted octanol–water partition coefficient (Wildman–Crippen LogP) is 5.77. The minimum Gasteiger partial charge on any atom is -0.497 e. The maximum atomic E-state index is 5.99. The van der Waals surface area contributed by atoms with Crippen LogP contribution in [0.5, 0.6) is 17.2 Å². The molecule has 0 bridgehead atoms. The van der Waals surface area contributed by atoms with E-state index in [-0.39, 0.29) is 0 Å². The molecular formula is C31H31N3O4. The van der Waals surface area contributed by atoms with E-state index in [1.54, 1.807) is 21.3 Å². The van der Waals surface area contributed by atoms with E-state index in [1.807, 2.05) is 54.6 Å². The fraction of sp³-hybridized carbons (Fsp3) is 0.290. The van der Waals surface area contributed by atoms with Crippen molar-refractivity contribution in [3.63, 3.8) is 0 Å². The van der Waals surface area contributed by atoms with Crippen molar-refractivity contribution in [3.8, 4) is 39.6 Å². The van der Waals surface area contributed by atoms with Crippen LogP contribution in [0, 0.1) is 0 Å². The molecule has 0 atom stereocenters. The van der Waals surface area contributed by atoms with Gasteiger partial charge in [0.2, 0.25) is 0 Å². The highest BCUT2D eigenvalue weighted by atomic mass is 16.6. The fourth-order valence-corrected chi connectivity index (χ4v) is 5.42. The molecule has 0 unspecified atom stereocenters. The van der Waals surface area contributed by atoms with Crippen LogP contribution in [0.2, 0.25) is 0 Å². The number of ether oxygens (including phenoxy) is 3. The van der Waals surface area contributed by atoms with Gasteiger partial charge in [-0.2, -0.15) is 0 Å². The molecule has 1 fully saturated rings. The van der Waals surface area contributed by atoms with E-state index in [4.69, 9.17) is 29.2 Å². The number of oxime groups is 1. The van der Waals surface area contributed by atoms with Gasteiger partial charge in [-0.1, -0.05) is 5.16 Å². The molecule has 0 saturated carbocycles. The number of rotatable bonds is 8. The monoisotopic (exact) mass is 509 g/mol. The molecule has 1 saturated heterocycles. The molecule has 1 aliphatic carbocycles. The topological polar surface area (TPSA) is 65.4 Å². The molecule has 0 amide bonds. The molecule has 2 heterocycles. The van der Waals surface area contributed by atoms with Crippen molar-refractivity contribution in [3.05, 3.63) is 71.8 Å². The van der Waals surface area contributed by atoms with Gasteiger partial charge in [0, 0.05) is 34.2 Å². The molecule has 7 heteroatoms. The number of aromatic nitrogens is 1. The summed E-state index contributed by atoms with van der Waals surface area (Å²) in [5, 5.41) is 5.72. The Hall–Kier alpha value is -4.10. The van der Waals surface area contributed by atoms with Crippen molar-refractivity contribution in [2.75, 3.05) is 47.6 Å². The van der Waals surface area contributed by atoms with Crippen LogP contribution in [0.1, 0.15) is 24.0 Å². The molecule has 0 spiro atoms. The summed E-state index contributed by atoms with van der Waals surface area (Å²) in [6, 6.07) is 20.1. The van der Waals surface area contributed by atoms with Gasteiger partial charge in [0.05, 0.1) is 32.5 Å². The molecule has 3 aromatic carbocycles. The summed E-state index contributed by atoms with van der Waals surface area (Å²) in [6.07, 6.45) is 2.51. The first-order valence-corrected chi connectivity index (χ1v) is 13.0. The molecule has 2 aliphatic rings. The Morgan fingerprint density at radius 2 is 1.45 bits per heavy atom. The van der Waals surface area contributed by atoms with E-state index in [1.165, 1.54) is 12.8 Å². The number of pyridine rings is 1. The van der Waals surface area contributed by atoms with E-state index in [0.29, 0.717) is 6.61 Å². The van der Waals surface area contributed by atoms with Crippen LogP contribution in [0.25, 0.3) is 33.3 Å². The average Bonchev–Trinajstić information content (AvgIpc) is 3.61. The third kappa shape index (κ3) is 4.33. The van der Waals surface area contributed by atoms with Crippen LogP contribution >= 0.6 is 0 Å². The summed E-state index contributed by atoms with van der Waals surface area (Å²) >= 11 is 0. The first kappa shape index (κ1) is 24.2. The quantitative estimate of drug-likeness (QED) is 0.195. The normalized spacial score (nSPS) is 15.5. The summed E-state index contributed by atoms with van der Waals surface area (Å²) in [6.45, 7) is 3.67. The lowest BCUT2D eigenvalue weighted by atomic mass is 9.96. The molecule has 0 radical (unpaired) electrons. The standard InChI is InChI=1S/C31H31N3O4/c1-35-21-8-6-20(7-9-21)30-28-24-12-10-22(36-2)18-25(24)31(33-38-17-16-34-14-4-5-15-34)29(28)26-19-23(37-3)11-13-27(26)32-30/h6-13,18-19H,4-5,14-17H2,1-3H3/b33-31+. The van der Waals surface area contributed by atoms with Crippen molar-refractivity contribution in [1.82, 2.24) is 9.88 Å². The number of methoxy groups -OCH3 is 3. The van der Waals surface area contributed by atoms with Gasteiger partial charge in [-0.3, -0.25) is 4.90 Å². The molecule has 0 N–H and O–H groups in total. The van der Waals surface area contributed by atoms with Crippen molar-refractivity contribution in [2.45, 2.75) is 12.8 Å². The Bertz CT molecular complexity index is 1510. The van der Waals surface area contributed by atoms with Crippen molar-refractivity contribution < 1.29 is 19.0 Å². The maximum Gasteiger partial charge on any atom is 0.129 e. The SMILES string of the molecule is COc1ccc(-c2nc3ccc(OC)cc3c3c2-c2ccc(OC)cc2/C3=N\OCCN2CCCC2)cc1. The van der Waals surface area contributed by atoms with E-state index >= 15 is 0 Å². The molecule has 7 nitrogen and oxygen atoms in total. The smallest absolute Gasteiger partial charge is 0.129 e. The van der Waals surface area contributed by atoms with Gasteiger partial charge in [0.1, 0.15) is 29.6 Å². The largest absolute Gasteiger partial charge is 0.497 e. The second-order valence-corrected chi connectivity index (χ2v) is 9.56. The Balaban J connectivity index is 1.55. The van der Waals surface area contributed by atoms with Gasteiger partial charge in [-0.15, -0.1) is 0 Å². The number of likely N-dealkylation sites (tertiary alicyclic amines) is 1. The Morgan fingerprint density at radius 3 is 2.18 bits per heavy atom. The van der Waals surface area contributed by atoms with Crippen LogP contribution in [-0.4, -0.2) is 63.2 Å². The number of nitrogens with zero attached hydrogens (tertiary/aromatic N) is 3. The Kier molecular flexibility index (Phi) is 6.60. The van der Waals surface area contributed by atoms with Crippen LogP contribution in [0.15, 0.2) is 65.8 Å². The van der Waals surface area contributed by atoms with Gasteiger partial charge in [-0.25, -0.2) is 4.98 Å². The average molecular weight is 510 g/mol. The second-order valence-electron chi connectivity index (χ2n) is 9.56. The summed E-state index contributed by atoms with van der Waals surface area (Å²) < 4.78 is 16.6. The first-order valence-electron chi connectivity index (χ1n) is 13.0. The first-order chi connectivity index (χ1) is 18.7. The highest BCUT2D eigenvalue weighted by Gasteiger charge is 2.32.